The Bertz CT molecular complexity index is 958. The molecule has 0 saturated carbocycles. The van der Waals surface area contributed by atoms with E-state index in [-0.39, 0.29) is 5.91 Å². The van der Waals surface area contributed by atoms with E-state index in [0.29, 0.717) is 27.2 Å². The highest BCUT2D eigenvalue weighted by Gasteiger charge is 2.10. The number of nitrogens with one attached hydrogen (secondary N) is 2. The summed E-state index contributed by atoms with van der Waals surface area (Å²) in [5.41, 5.74) is 3.67. The van der Waals surface area contributed by atoms with Crippen molar-refractivity contribution in [3.05, 3.63) is 75.5 Å². The van der Waals surface area contributed by atoms with Crippen LogP contribution in [0.2, 0.25) is 10.0 Å². The molecule has 0 atom stereocenters. The van der Waals surface area contributed by atoms with Crippen LogP contribution in [0.3, 0.4) is 0 Å². The maximum Gasteiger partial charge on any atom is 0.258 e. The Labute approximate surface area is 161 Å². The van der Waals surface area contributed by atoms with Crippen molar-refractivity contribution in [1.82, 2.24) is 9.97 Å². The first-order valence-electron chi connectivity index (χ1n) is 7.85. The lowest BCUT2D eigenvalue weighted by atomic mass is 10.2. The van der Waals surface area contributed by atoms with E-state index in [9.17, 15) is 4.79 Å². The third-order valence-electron chi connectivity index (χ3n) is 3.79. The highest BCUT2D eigenvalue weighted by molar-refractivity contribution is 6.31. The van der Waals surface area contributed by atoms with Gasteiger partial charge in [-0.05, 0) is 49.2 Å². The van der Waals surface area contributed by atoms with Gasteiger partial charge in [0.2, 0.25) is 5.95 Å². The van der Waals surface area contributed by atoms with Gasteiger partial charge in [-0.15, -0.1) is 0 Å². The van der Waals surface area contributed by atoms with Gasteiger partial charge in [0, 0.05) is 33.8 Å². The number of hydrogen-bond acceptors (Lipinski definition) is 4. The number of benzene rings is 2. The van der Waals surface area contributed by atoms with E-state index in [1.807, 2.05) is 32.0 Å². The molecule has 2 N–H and O–H groups in total. The summed E-state index contributed by atoms with van der Waals surface area (Å²) in [4.78, 5) is 20.7. The van der Waals surface area contributed by atoms with E-state index in [4.69, 9.17) is 23.2 Å². The van der Waals surface area contributed by atoms with Gasteiger partial charge >= 0.3 is 0 Å². The molecule has 0 aliphatic rings. The number of halogens is 2. The summed E-state index contributed by atoms with van der Waals surface area (Å²) in [5, 5.41) is 7.07. The largest absolute Gasteiger partial charge is 0.324 e. The molecule has 0 saturated heterocycles. The van der Waals surface area contributed by atoms with Gasteiger partial charge in [0.05, 0.1) is 5.56 Å². The fourth-order valence-electron chi connectivity index (χ4n) is 2.23. The van der Waals surface area contributed by atoms with Gasteiger partial charge in [0.25, 0.3) is 5.91 Å². The second-order valence-corrected chi connectivity index (χ2v) is 6.64. The Morgan fingerprint density at radius 2 is 1.65 bits per heavy atom. The number of aryl methyl sites for hydroxylation is 2. The Morgan fingerprint density at radius 3 is 2.35 bits per heavy atom. The molecule has 0 aliphatic carbocycles. The van der Waals surface area contributed by atoms with E-state index in [2.05, 4.69) is 20.6 Å². The van der Waals surface area contributed by atoms with Crippen LogP contribution in [0.1, 0.15) is 21.5 Å². The van der Waals surface area contributed by atoms with Crippen molar-refractivity contribution in [3.8, 4) is 0 Å². The van der Waals surface area contributed by atoms with E-state index >= 15 is 0 Å². The fourth-order valence-corrected chi connectivity index (χ4v) is 2.59. The van der Waals surface area contributed by atoms with Crippen LogP contribution in [0.25, 0.3) is 0 Å². The molecular formula is C19H16Cl2N4O. The molecule has 7 heteroatoms. The molecule has 1 amide bonds. The molecule has 3 aromatic rings. The average molecular weight is 387 g/mol. The SMILES string of the molecule is Cc1ccc(Nc2ncc(C(=O)Nc3cc(Cl)ccc3C)cn2)cc1Cl. The molecule has 1 aromatic heterocycles. The molecule has 3 rings (SSSR count). The third-order valence-corrected chi connectivity index (χ3v) is 4.43. The summed E-state index contributed by atoms with van der Waals surface area (Å²) >= 11 is 12.1. The molecule has 132 valence electrons. The number of anilines is 3. The molecule has 0 fully saturated rings. The second kappa shape index (κ2) is 7.72. The highest BCUT2D eigenvalue weighted by atomic mass is 35.5. The minimum Gasteiger partial charge on any atom is -0.324 e. The average Bonchev–Trinajstić information content (AvgIpc) is 2.62. The van der Waals surface area contributed by atoms with Crippen molar-refractivity contribution in [3.63, 3.8) is 0 Å². The van der Waals surface area contributed by atoms with Crippen molar-refractivity contribution in [2.45, 2.75) is 13.8 Å². The van der Waals surface area contributed by atoms with E-state index in [0.717, 1.165) is 16.8 Å². The first-order valence-corrected chi connectivity index (χ1v) is 8.61. The van der Waals surface area contributed by atoms with Crippen molar-refractivity contribution in [2.75, 3.05) is 10.6 Å². The summed E-state index contributed by atoms with van der Waals surface area (Å²) < 4.78 is 0. The van der Waals surface area contributed by atoms with Gasteiger partial charge in [-0.25, -0.2) is 9.97 Å². The smallest absolute Gasteiger partial charge is 0.258 e. The monoisotopic (exact) mass is 386 g/mol. The van der Waals surface area contributed by atoms with Gasteiger partial charge in [0.1, 0.15) is 0 Å². The van der Waals surface area contributed by atoms with Crippen molar-refractivity contribution >= 4 is 46.4 Å². The predicted octanol–water partition coefficient (Wildman–Crippen LogP) is 5.40. The van der Waals surface area contributed by atoms with Crippen LogP contribution in [0, 0.1) is 13.8 Å². The van der Waals surface area contributed by atoms with Gasteiger partial charge in [-0.1, -0.05) is 35.3 Å². The minimum atomic E-state index is -0.305. The Balaban J connectivity index is 1.71. The van der Waals surface area contributed by atoms with Crippen LogP contribution < -0.4 is 10.6 Å². The molecule has 0 bridgehead atoms. The molecule has 0 spiro atoms. The van der Waals surface area contributed by atoms with Gasteiger partial charge in [-0.3, -0.25) is 4.79 Å². The molecule has 0 radical (unpaired) electrons. The van der Waals surface area contributed by atoms with Crippen LogP contribution >= 0.6 is 23.2 Å². The lowest BCUT2D eigenvalue weighted by Crippen LogP contribution is -2.14. The summed E-state index contributed by atoms with van der Waals surface area (Å²) in [7, 11) is 0. The number of hydrogen-bond donors (Lipinski definition) is 2. The Hall–Kier alpha value is -2.63. The third kappa shape index (κ3) is 4.31. The van der Waals surface area contributed by atoms with Crippen LogP contribution in [0.15, 0.2) is 48.8 Å². The molecule has 0 unspecified atom stereocenters. The van der Waals surface area contributed by atoms with Crippen molar-refractivity contribution in [2.24, 2.45) is 0 Å². The molecule has 5 nitrogen and oxygen atoms in total. The normalized spacial score (nSPS) is 10.5. The maximum absolute atomic E-state index is 12.4. The quantitative estimate of drug-likeness (QED) is 0.629. The van der Waals surface area contributed by atoms with Gasteiger partial charge in [-0.2, -0.15) is 0 Å². The van der Waals surface area contributed by atoms with Crippen LogP contribution in [-0.4, -0.2) is 15.9 Å². The number of carbonyl (C=O) groups is 1. The molecule has 1 heterocycles. The lowest BCUT2D eigenvalue weighted by molar-refractivity contribution is 0.102. The zero-order valence-electron chi connectivity index (χ0n) is 14.2. The Kier molecular flexibility index (Phi) is 5.40. The molecular weight excluding hydrogens is 371 g/mol. The van der Waals surface area contributed by atoms with E-state index in [1.54, 1.807) is 18.2 Å². The highest BCUT2D eigenvalue weighted by Crippen LogP contribution is 2.22. The van der Waals surface area contributed by atoms with Crippen LogP contribution in [0.4, 0.5) is 17.3 Å². The molecule has 2 aromatic carbocycles. The number of nitrogens with zero attached hydrogens (tertiary/aromatic N) is 2. The summed E-state index contributed by atoms with van der Waals surface area (Å²) in [6.07, 6.45) is 2.92. The summed E-state index contributed by atoms with van der Waals surface area (Å²) in [6, 6.07) is 10.9. The van der Waals surface area contributed by atoms with Crippen LogP contribution in [0.5, 0.6) is 0 Å². The van der Waals surface area contributed by atoms with E-state index < -0.39 is 0 Å². The van der Waals surface area contributed by atoms with Gasteiger partial charge in [0.15, 0.2) is 0 Å². The summed E-state index contributed by atoms with van der Waals surface area (Å²) in [6.45, 7) is 3.82. The predicted molar refractivity (Wildman–Crippen MR) is 106 cm³/mol. The number of amides is 1. The number of aromatic nitrogens is 2. The molecule has 26 heavy (non-hydrogen) atoms. The number of carbonyl (C=O) groups excluding carboxylic acids is 1. The van der Waals surface area contributed by atoms with E-state index in [1.165, 1.54) is 12.4 Å². The fraction of sp³-hybridized carbons (Fsp3) is 0.105. The first-order chi connectivity index (χ1) is 12.4. The standard InChI is InChI=1S/C19H16Cl2N4O/c1-11-4-6-15(8-16(11)21)24-19-22-9-13(10-23-19)18(26)25-17-7-14(20)5-3-12(17)2/h3-10H,1-2H3,(H,25,26)(H,22,23,24). The second-order valence-electron chi connectivity index (χ2n) is 5.80. The number of rotatable bonds is 4. The topological polar surface area (TPSA) is 66.9 Å². The maximum atomic E-state index is 12.4. The van der Waals surface area contributed by atoms with Crippen LogP contribution in [-0.2, 0) is 0 Å². The zero-order chi connectivity index (χ0) is 18.7. The summed E-state index contributed by atoms with van der Waals surface area (Å²) in [5.74, 6) is 0.0701. The molecule has 0 aliphatic heterocycles. The van der Waals surface area contributed by atoms with Crippen molar-refractivity contribution in [1.29, 1.82) is 0 Å². The van der Waals surface area contributed by atoms with Crippen molar-refractivity contribution < 1.29 is 4.79 Å². The minimum absolute atomic E-state index is 0.305. The lowest BCUT2D eigenvalue weighted by Gasteiger charge is -2.09. The first kappa shape index (κ1) is 18.2. The van der Waals surface area contributed by atoms with Gasteiger partial charge < -0.3 is 10.6 Å². The Morgan fingerprint density at radius 1 is 0.962 bits per heavy atom. The zero-order valence-corrected chi connectivity index (χ0v) is 15.7.